The van der Waals surface area contributed by atoms with Gasteiger partial charge in [-0.25, -0.2) is 0 Å². The van der Waals surface area contributed by atoms with Crippen molar-refractivity contribution in [3.8, 4) is 26.9 Å². The molecule has 0 amide bonds. The number of likely N-dealkylation sites (tertiary alicyclic amines) is 1. The summed E-state index contributed by atoms with van der Waals surface area (Å²) in [5, 5.41) is 11.2. The van der Waals surface area contributed by atoms with Gasteiger partial charge in [-0.05, 0) is 49.6 Å². The topological polar surface area (TPSA) is 64.6 Å². The second-order valence-electron chi connectivity index (χ2n) is 8.44. The number of hydrogen-bond acceptors (Lipinski definition) is 7. The molecule has 0 spiro atoms. The molecule has 4 rings (SSSR count). The molecular formula is C25H28ClN3O3S. The van der Waals surface area contributed by atoms with Crippen LogP contribution in [0, 0.1) is 5.92 Å². The Hall–Kier alpha value is -2.48. The van der Waals surface area contributed by atoms with E-state index in [2.05, 4.69) is 40.2 Å². The molecule has 2 aromatic carbocycles. The lowest BCUT2D eigenvalue weighted by Crippen LogP contribution is -2.50. The molecule has 1 aromatic heterocycles. The van der Waals surface area contributed by atoms with Crippen LogP contribution in [0.1, 0.15) is 31.9 Å². The van der Waals surface area contributed by atoms with Gasteiger partial charge in [0.05, 0.1) is 24.2 Å². The first-order valence-electron chi connectivity index (χ1n) is 11.1. The molecule has 8 heteroatoms. The highest BCUT2D eigenvalue weighted by molar-refractivity contribution is 7.17. The average molecular weight is 486 g/mol. The first-order chi connectivity index (χ1) is 15.9. The fourth-order valence-electron chi connectivity index (χ4n) is 4.09. The van der Waals surface area contributed by atoms with E-state index in [1.165, 1.54) is 18.2 Å². The van der Waals surface area contributed by atoms with E-state index < -0.39 is 0 Å². The summed E-state index contributed by atoms with van der Waals surface area (Å²) in [5.74, 6) is 0.528. The van der Waals surface area contributed by atoms with Gasteiger partial charge in [0.2, 0.25) is 0 Å². The van der Waals surface area contributed by atoms with Crippen LogP contribution in [0.3, 0.4) is 0 Å². The highest BCUT2D eigenvalue weighted by atomic mass is 35.5. The van der Waals surface area contributed by atoms with Gasteiger partial charge < -0.3 is 9.47 Å². The van der Waals surface area contributed by atoms with Crippen molar-refractivity contribution in [2.24, 2.45) is 5.92 Å². The summed E-state index contributed by atoms with van der Waals surface area (Å²) in [6.07, 6.45) is 0.950. The minimum atomic E-state index is -0.124. The Morgan fingerprint density at radius 2 is 1.97 bits per heavy atom. The van der Waals surface area contributed by atoms with Gasteiger partial charge in [-0.15, -0.1) is 10.2 Å². The number of nitrogens with zero attached hydrogens (tertiary/aromatic N) is 3. The molecule has 0 N–H and O–H groups in total. The van der Waals surface area contributed by atoms with Crippen molar-refractivity contribution in [1.29, 1.82) is 0 Å². The molecule has 0 atom stereocenters. The Kier molecular flexibility index (Phi) is 7.32. The molecule has 0 unspecified atom stereocenters. The van der Waals surface area contributed by atoms with Crippen molar-refractivity contribution < 1.29 is 14.3 Å². The SMILES string of the molecule is CCc1c(CN2CC(C(=O)OC)C2)cccc1-c1nnc(-c2ccc(OC(C)C)c(Cl)c2)s1. The molecule has 1 aliphatic heterocycles. The Bertz CT molecular complexity index is 1140. The zero-order chi connectivity index (χ0) is 23.5. The zero-order valence-corrected chi connectivity index (χ0v) is 20.9. The van der Waals surface area contributed by atoms with Crippen LogP contribution >= 0.6 is 22.9 Å². The predicted octanol–water partition coefficient (Wildman–Crippen LogP) is 5.48. The lowest BCUT2D eigenvalue weighted by atomic mass is 9.95. The van der Waals surface area contributed by atoms with Crippen LogP contribution in [0.15, 0.2) is 36.4 Å². The lowest BCUT2D eigenvalue weighted by molar-refractivity contribution is -0.151. The first kappa shape index (κ1) is 23.7. The molecule has 0 saturated carbocycles. The van der Waals surface area contributed by atoms with Gasteiger partial charge >= 0.3 is 5.97 Å². The molecule has 174 valence electrons. The third-order valence-corrected chi connectivity index (χ3v) is 7.01. The van der Waals surface area contributed by atoms with E-state index in [4.69, 9.17) is 21.1 Å². The van der Waals surface area contributed by atoms with Crippen LogP contribution in [0.5, 0.6) is 5.75 Å². The maximum absolute atomic E-state index is 11.7. The van der Waals surface area contributed by atoms with Gasteiger partial charge in [0, 0.05) is 30.8 Å². The lowest BCUT2D eigenvalue weighted by Gasteiger charge is -2.37. The minimum absolute atomic E-state index is 0.0156. The molecule has 0 bridgehead atoms. The van der Waals surface area contributed by atoms with Crippen molar-refractivity contribution in [2.75, 3.05) is 20.2 Å². The van der Waals surface area contributed by atoms with E-state index >= 15 is 0 Å². The fraction of sp³-hybridized carbons (Fsp3) is 0.400. The van der Waals surface area contributed by atoms with E-state index in [-0.39, 0.29) is 18.0 Å². The molecule has 1 fully saturated rings. The second-order valence-corrected chi connectivity index (χ2v) is 9.82. The van der Waals surface area contributed by atoms with Gasteiger partial charge in [-0.2, -0.15) is 0 Å². The summed E-state index contributed by atoms with van der Waals surface area (Å²) >= 11 is 7.98. The van der Waals surface area contributed by atoms with Gasteiger partial charge in [-0.1, -0.05) is 48.1 Å². The Morgan fingerprint density at radius 1 is 1.21 bits per heavy atom. The van der Waals surface area contributed by atoms with Crippen LogP contribution < -0.4 is 4.74 Å². The highest BCUT2D eigenvalue weighted by Crippen LogP contribution is 2.36. The fourth-order valence-corrected chi connectivity index (χ4v) is 5.21. The van der Waals surface area contributed by atoms with E-state index in [0.717, 1.165) is 47.2 Å². The highest BCUT2D eigenvalue weighted by Gasteiger charge is 2.33. The van der Waals surface area contributed by atoms with Gasteiger partial charge in [0.25, 0.3) is 0 Å². The van der Waals surface area contributed by atoms with E-state index in [1.54, 1.807) is 11.3 Å². The van der Waals surface area contributed by atoms with Gasteiger partial charge in [0.15, 0.2) is 0 Å². The number of carbonyl (C=O) groups is 1. The van der Waals surface area contributed by atoms with Gasteiger partial charge in [0.1, 0.15) is 15.8 Å². The second kappa shape index (κ2) is 10.2. The standard InChI is InChI=1S/C25H28ClN3O3S/c1-5-19-17(12-29-13-18(14-29)25(30)31-4)7-6-8-20(19)24-28-27-23(33-24)16-9-10-22(21(26)11-16)32-15(2)3/h6-11,15,18H,5,12-14H2,1-4H3. The Morgan fingerprint density at radius 3 is 2.64 bits per heavy atom. The van der Waals surface area contributed by atoms with Crippen molar-refractivity contribution >= 4 is 28.9 Å². The average Bonchev–Trinajstić information content (AvgIpc) is 3.26. The predicted molar refractivity (Wildman–Crippen MR) is 132 cm³/mol. The maximum atomic E-state index is 11.7. The van der Waals surface area contributed by atoms with E-state index in [1.807, 2.05) is 32.0 Å². The van der Waals surface area contributed by atoms with E-state index in [0.29, 0.717) is 10.8 Å². The van der Waals surface area contributed by atoms with Crippen LogP contribution in [0.2, 0.25) is 5.02 Å². The molecule has 33 heavy (non-hydrogen) atoms. The van der Waals surface area contributed by atoms with Crippen LogP contribution in [-0.2, 0) is 22.5 Å². The number of rotatable bonds is 8. The summed E-state index contributed by atoms with van der Waals surface area (Å²) < 4.78 is 10.6. The summed E-state index contributed by atoms with van der Waals surface area (Å²) in [5.41, 5.74) is 4.55. The molecule has 1 aliphatic rings. The monoisotopic (exact) mass is 485 g/mol. The summed E-state index contributed by atoms with van der Waals surface area (Å²) in [6.45, 7) is 8.38. The molecule has 3 aromatic rings. The summed E-state index contributed by atoms with van der Waals surface area (Å²) in [7, 11) is 1.45. The zero-order valence-electron chi connectivity index (χ0n) is 19.3. The number of ether oxygens (including phenoxy) is 2. The Labute approximate surface area is 203 Å². The number of benzene rings is 2. The number of esters is 1. The smallest absolute Gasteiger partial charge is 0.311 e. The van der Waals surface area contributed by atoms with Crippen molar-refractivity contribution in [3.05, 3.63) is 52.5 Å². The van der Waals surface area contributed by atoms with Crippen LogP contribution in [0.4, 0.5) is 0 Å². The number of hydrogen-bond donors (Lipinski definition) is 0. The van der Waals surface area contributed by atoms with Crippen molar-refractivity contribution in [1.82, 2.24) is 15.1 Å². The Balaban J connectivity index is 1.54. The molecule has 6 nitrogen and oxygen atoms in total. The molecule has 0 radical (unpaired) electrons. The molecule has 2 heterocycles. The first-order valence-corrected chi connectivity index (χ1v) is 12.3. The number of methoxy groups -OCH3 is 1. The molecular weight excluding hydrogens is 458 g/mol. The van der Waals surface area contributed by atoms with Crippen LogP contribution in [0.25, 0.3) is 21.1 Å². The van der Waals surface area contributed by atoms with Crippen LogP contribution in [-0.4, -0.2) is 47.4 Å². The summed E-state index contributed by atoms with van der Waals surface area (Å²) in [4.78, 5) is 14.0. The third kappa shape index (κ3) is 5.21. The summed E-state index contributed by atoms with van der Waals surface area (Å²) in [6, 6.07) is 12.0. The quantitative estimate of drug-likeness (QED) is 0.393. The maximum Gasteiger partial charge on any atom is 0.311 e. The van der Waals surface area contributed by atoms with E-state index in [9.17, 15) is 4.79 Å². The van der Waals surface area contributed by atoms with Gasteiger partial charge in [-0.3, -0.25) is 9.69 Å². The van der Waals surface area contributed by atoms with Crippen molar-refractivity contribution in [2.45, 2.75) is 39.8 Å². The molecule has 0 aliphatic carbocycles. The largest absolute Gasteiger partial charge is 0.489 e. The van der Waals surface area contributed by atoms with Crippen molar-refractivity contribution in [3.63, 3.8) is 0 Å². The third-order valence-electron chi connectivity index (χ3n) is 5.71. The number of aromatic nitrogens is 2. The number of halogens is 1. The molecule has 1 saturated heterocycles. The number of carbonyl (C=O) groups excluding carboxylic acids is 1. The normalized spacial score (nSPS) is 14.4. The minimum Gasteiger partial charge on any atom is -0.489 e.